The second-order valence-corrected chi connectivity index (χ2v) is 7.93. The molecule has 4 N–H and O–H groups in total. The molecule has 15 heteroatoms. The molecule has 4 amide bonds. The molecule has 0 atom stereocenters. The molecule has 0 aliphatic rings. The fraction of sp³-hybridized carbons (Fsp3) is 0.0455. The van der Waals surface area contributed by atoms with Gasteiger partial charge in [-0.2, -0.15) is 5.10 Å². The summed E-state index contributed by atoms with van der Waals surface area (Å²) >= 11 is 11.7. The average molecular weight is 547 g/mol. The molecule has 1 heterocycles. The van der Waals surface area contributed by atoms with E-state index in [1.807, 2.05) is 5.43 Å². The van der Waals surface area contributed by atoms with E-state index in [9.17, 15) is 29.3 Å². The molecule has 0 aliphatic carbocycles. The standard InChI is InChI=1S/C22H16Cl2N6O7/c23-12-7-13(24)9-15(8-12)28-20(32)19(31)25-10-17-5-6-18(37-17)11-26-29-22(34)21(33)27-14-1-3-16(4-2-14)30(35)36/h1-9,11H,10H2,(H,25,31)(H,27,33)(H,28,32)(H,29,34)/b26-11+. The van der Waals surface area contributed by atoms with Crippen LogP contribution in [0.1, 0.15) is 11.5 Å². The van der Waals surface area contributed by atoms with Crippen molar-refractivity contribution in [3.8, 4) is 0 Å². The summed E-state index contributed by atoms with van der Waals surface area (Å²) in [6.45, 7) is -0.125. The van der Waals surface area contributed by atoms with Crippen molar-refractivity contribution >= 4 is 70.1 Å². The number of halogens is 2. The minimum absolute atomic E-state index is 0.125. The van der Waals surface area contributed by atoms with E-state index in [1.165, 1.54) is 54.6 Å². The van der Waals surface area contributed by atoms with Crippen molar-refractivity contribution < 1.29 is 28.5 Å². The Hall–Kier alpha value is -4.75. The second kappa shape index (κ2) is 12.3. The Bertz CT molecular complexity index is 1370. The first-order valence-electron chi connectivity index (χ1n) is 10.1. The molecule has 0 fully saturated rings. The highest BCUT2D eigenvalue weighted by Crippen LogP contribution is 2.22. The van der Waals surface area contributed by atoms with Gasteiger partial charge in [-0.25, -0.2) is 5.43 Å². The lowest BCUT2D eigenvalue weighted by atomic mass is 10.3. The summed E-state index contributed by atoms with van der Waals surface area (Å²) < 4.78 is 5.39. The smallest absolute Gasteiger partial charge is 0.329 e. The molecule has 0 bridgehead atoms. The highest BCUT2D eigenvalue weighted by Gasteiger charge is 2.16. The summed E-state index contributed by atoms with van der Waals surface area (Å²) in [5, 5.41) is 21.8. The maximum atomic E-state index is 12.0. The largest absolute Gasteiger partial charge is 0.458 e. The molecule has 13 nitrogen and oxygen atoms in total. The molecule has 0 unspecified atom stereocenters. The van der Waals surface area contributed by atoms with Crippen LogP contribution < -0.4 is 21.4 Å². The Morgan fingerprint density at radius 2 is 1.49 bits per heavy atom. The number of nitro benzene ring substituents is 1. The van der Waals surface area contributed by atoms with Crippen LogP contribution in [-0.4, -0.2) is 34.8 Å². The summed E-state index contributed by atoms with van der Waals surface area (Å²) in [5.74, 6) is -3.57. The van der Waals surface area contributed by atoms with Gasteiger partial charge in [0.05, 0.1) is 17.7 Å². The normalized spacial score (nSPS) is 10.5. The number of furan rings is 1. The topological polar surface area (TPSA) is 185 Å². The van der Waals surface area contributed by atoms with E-state index >= 15 is 0 Å². The van der Waals surface area contributed by atoms with E-state index in [0.29, 0.717) is 0 Å². The van der Waals surface area contributed by atoms with Gasteiger partial charge < -0.3 is 20.4 Å². The third-order valence-electron chi connectivity index (χ3n) is 4.33. The predicted molar refractivity (Wildman–Crippen MR) is 133 cm³/mol. The number of nitrogens with zero attached hydrogens (tertiary/aromatic N) is 2. The number of hydrazone groups is 1. The number of non-ortho nitro benzene ring substituents is 1. The molecular formula is C22H16Cl2N6O7. The molecule has 0 spiro atoms. The molecule has 0 saturated carbocycles. The Kier molecular flexibility index (Phi) is 8.91. The number of amides is 4. The van der Waals surface area contributed by atoms with Crippen LogP contribution in [0.4, 0.5) is 17.1 Å². The van der Waals surface area contributed by atoms with E-state index in [4.69, 9.17) is 27.6 Å². The number of carbonyl (C=O) groups excluding carboxylic acids is 4. The molecule has 0 radical (unpaired) electrons. The van der Waals surface area contributed by atoms with Crippen LogP contribution in [0.15, 0.2) is 64.1 Å². The van der Waals surface area contributed by atoms with Crippen LogP contribution in [0.5, 0.6) is 0 Å². The van der Waals surface area contributed by atoms with Gasteiger partial charge in [0, 0.05) is 33.6 Å². The molecule has 3 rings (SSSR count). The Morgan fingerprint density at radius 3 is 2.14 bits per heavy atom. The lowest BCUT2D eigenvalue weighted by molar-refractivity contribution is -0.384. The van der Waals surface area contributed by atoms with Crippen molar-refractivity contribution in [2.45, 2.75) is 6.54 Å². The van der Waals surface area contributed by atoms with Crippen molar-refractivity contribution in [2.24, 2.45) is 5.10 Å². The zero-order valence-corrected chi connectivity index (χ0v) is 20.0. The SMILES string of the molecule is O=C(NCc1ccc(/C=N/NC(=O)C(=O)Nc2ccc([N+](=O)[O-])cc2)o1)C(=O)Nc1cc(Cl)cc(Cl)c1. The summed E-state index contributed by atoms with van der Waals surface area (Å²) in [6.07, 6.45) is 1.11. The van der Waals surface area contributed by atoms with E-state index in [-0.39, 0.29) is 45.2 Å². The number of hydrogen-bond acceptors (Lipinski definition) is 8. The fourth-order valence-corrected chi connectivity index (χ4v) is 3.21. The monoisotopic (exact) mass is 546 g/mol. The number of nitro groups is 1. The highest BCUT2D eigenvalue weighted by molar-refractivity contribution is 6.40. The molecule has 1 aromatic heterocycles. The molecule has 37 heavy (non-hydrogen) atoms. The Morgan fingerprint density at radius 1 is 0.865 bits per heavy atom. The highest BCUT2D eigenvalue weighted by atomic mass is 35.5. The number of hydrogen-bond donors (Lipinski definition) is 4. The Labute approximate surface area is 218 Å². The van der Waals surface area contributed by atoms with Crippen molar-refractivity contribution in [3.63, 3.8) is 0 Å². The molecule has 3 aromatic rings. The summed E-state index contributed by atoms with van der Waals surface area (Å²) in [4.78, 5) is 57.8. The van der Waals surface area contributed by atoms with Gasteiger partial charge in [0.25, 0.3) is 5.69 Å². The molecule has 0 saturated heterocycles. The minimum Gasteiger partial charge on any atom is -0.458 e. The zero-order valence-electron chi connectivity index (χ0n) is 18.5. The van der Waals surface area contributed by atoms with Crippen LogP contribution in [0.3, 0.4) is 0 Å². The average Bonchev–Trinajstić information content (AvgIpc) is 3.29. The maximum Gasteiger partial charge on any atom is 0.329 e. The first-order valence-corrected chi connectivity index (χ1v) is 10.9. The fourth-order valence-electron chi connectivity index (χ4n) is 2.68. The summed E-state index contributed by atoms with van der Waals surface area (Å²) in [6, 6.07) is 12.2. The van der Waals surface area contributed by atoms with Gasteiger partial charge in [-0.15, -0.1) is 0 Å². The van der Waals surface area contributed by atoms with Gasteiger partial charge in [0.15, 0.2) is 0 Å². The van der Waals surface area contributed by atoms with Crippen molar-refractivity contribution in [1.29, 1.82) is 0 Å². The van der Waals surface area contributed by atoms with Gasteiger partial charge in [-0.3, -0.25) is 29.3 Å². The molecule has 190 valence electrons. The van der Waals surface area contributed by atoms with Gasteiger partial charge >= 0.3 is 23.6 Å². The van der Waals surface area contributed by atoms with E-state index in [0.717, 1.165) is 6.21 Å². The number of anilines is 2. The van der Waals surface area contributed by atoms with Gasteiger partial charge in [0.2, 0.25) is 0 Å². The third kappa shape index (κ3) is 8.16. The molecule has 2 aromatic carbocycles. The predicted octanol–water partition coefficient (Wildman–Crippen LogP) is 2.84. The lowest BCUT2D eigenvalue weighted by Crippen LogP contribution is -2.34. The van der Waals surface area contributed by atoms with Crippen molar-refractivity contribution in [2.75, 3.05) is 10.6 Å². The van der Waals surface area contributed by atoms with Crippen molar-refractivity contribution in [3.05, 3.63) is 86.3 Å². The van der Waals surface area contributed by atoms with Gasteiger partial charge in [-0.1, -0.05) is 23.2 Å². The molecular weight excluding hydrogens is 531 g/mol. The van der Waals surface area contributed by atoms with Gasteiger partial charge in [0.1, 0.15) is 11.5 Å². The molecule has 0 aliphatic heterocycles. The van der Waals surface area contributed by atoms with E-state index in [1.54, 1.807) is 0 Å². The Balaban J connectivity index is 1.44. The van der Waals surface area contributed by atoms with Gasteiger partial charge in [-0.05, 0) is 42.5 Å². The maximum absolute atomic E-state index is 12.0. The third-order valence-corrected chi connectivity index (χ3v) is 4.77. The first kappa shape index (κ1) is 26.8. The number of rotatable bonds is 7. The number of benzene rings is 2. The van der Waals surface area contributed by atoms with Crippen LogP contribution >= 0.6 is 23.2 Å². The van der Waals surface area contributed by atoms with Crippen LogP contribution in [0.2, 0.25) is 10.0 Å². The minimum atomic E-state index is -1.10. The zero-order chi connectivity index (χ0) is 26.9. The van der Waals surface area contributed by atoms with Crippen molar-refractivity contribution in [1.82, 2.24) is 10.7 Å². The summed E-state index contributed by atoms with van der Waals surface area (Å²) in [5.41, 5.74) is 2.25. The quantitative estimate of drug-likeness (QED) is 0.152. The van der Waals surface area contributed by atoms with E-state index < -0.39 is 28.6 Å². The van der Waals surface area contributed by atoms with Crippen LogP contribution in [0.25, 0.3) is 0 Å². The lowest BCUT2D eigenvalue weighted by Gasteiger charge is -2.06. The second-order valence-electron chi connectivity index (χ2n) is 7.06. The van der Waals surface area contributed by atoms with Crippen LogP contribution in [0, 0.1) is 10.1 Å². The first-order chi connectivity index (χ1) is 17.6. The summed E-state index contributed by atoms with van der Waals surface area (Å²) in [7, 11) is 0. The van der Waals surface area contributed by atoms with Crippen LogP contribution in [-0.2, 0) is 25.7 Å². The number of carbonyl (C=O) groups is 4. The number of nitrogens with one attached hydrogen (secondary N) is 4. The van der Waals surface area contributed by atoms with E-state index in [2.05, 4.69) is 21.1 Å².